The maximum Gasteiger partial charge on any atom is 0.126 e. The molecule has 82 valence electrons. The molecule has 2 atom stereocenters. The number of ether oxygens (including phenoxy) is 1. The van der Waals surface area contributed by atoms with Crippen molar-refractivity contribution in [3.63, 3.8) is 0 Å². The van der Waals surface area contributed by atoms with Crippen LogP contribution in [-0.2, 0) is 4.74 Å². The maximum absolute atomic E-state index is 13.0. The second-order valence-electron chi connectivity index (χ2n) is 3.68. The van der Waals surface area contributed by atoms with E-state index >= 15 is 0 Å². The summed E-state index contributed by atoms with van der Waals surface area (Å²) in [5.41, 5.74) is 0.580. The lowest BCUT2D eigenvalue weighted by atomic mass is 10.0. The van der Waals surface area contributed by atoms with E-state index < -0.39 is 11.6 Å². The first-order valence-electron chi connectivity index (χ1n) is 4.87. The fraction of sp³-hybridized carbons (Fsp3) is 0.455. The van der Waals surface area contributed by atoms with Gasteiger partial charge in [-0.15, -0.1) is 0 Å². The van der Waals surface area contributed by atoms with Crippen molar-refractivity contribution in [3.8, 4) is 0 Å². The summed E-state index contributed by atoms with van der Waals surface area (Å²) in [5, 5.41) is 0. The SMILES string of the molecule is Fc1cc(F)cc(C2CC(Br)CCO2)c1. The summed E-state index contributed by atoms with van der Waals surface area (Å²) in [6, 6.07) is 3.54. The van der Waals surface area contributed by atoms with Crippen LogP contribution in [0.2, 0.25) is 0 Å². The van der Waals surface area contributed by atoms with Gasteiger partial charge < -0.3 is 4.74 Å². The number of benzene rings is 1. The van der Waals surface area contributed by atoms with E-state index in [4.69, 9.17) is 4.74 Å². The Morgan fingerprint density at radius 1 is 1.20 bits per heavy atom. The van der Waals surface area contributed by atoms with Gasteiger partial charge in [-0.05, 0) is 30.5 Å². The Labute approximate surface area is 95.6 Å². The standard InChI is InChI=1S/C11H11BrF2O/c12-8-1-2-15-11(5-8)7-3-9(13)6-10(14)4-7/h3-4,6,8,11H,1-2,5H2. The summed E-state index contributed by atoms with van der Waals surface area (Å²) >= 11 is 3.50. The highest BCUT2D eigenvalue weighted by Crippen LogP contribution is 2.32. The zero-order chi connectivity index (χ0) is 10.8. The van der Waals surface area contributed by atoms with Crippen LogP contribution >= 0.6 is 15.9 Å². The van der Waals surface area contributed by atoms with E-state index in [0.29, 0.717) is 17.0 Å². The van der Waals surface area contributed by atoms with E-state index in [1.54, 1.807) is 0 Å². The van der Waals surface area contributed by atoms with E-state index in [0.717, 1.165) is 18.9 Å². The van der Waals surface area contributed by atoms with Crippen LogP contribution in [0, 0.1) is 11.6 Å². The molecule has 1 aliphatic rings. The molecule has 0 amide bonds. The molecule has 0 radical (unpaired) electrons. The number of hydrogen-bond donors (Lipinski definition) is 0. The van der Waals surface area contributed by atoms with Gasteiger partial charge >= 0.3 is 0 Å². The van der Waals surface area contributed by atoms with Gasteiger partial charge in [0, 0.05) is 17.5 Å². The van der Waals surface area contributed by atoms with E-state index in [9.17, 15) is 8.78 Å². The average molecular weight is 277 g/mol. The van der Waals surface area contributed by atoms with Crippen molar-refractivity contribution < 1.29 is 13.5 Å². The molecule has 0 N–H and O–H groups in total. The van der Waals surface area contributed by atoms with Crippen LogP contribution in [0.1, 0.15) is 24.5 Å². The first-order valence-corrected chi connectivity index (χ1v) is 5.78. The molecular weight excluding hydrogens is 266 g/mol. The fourth-order valence-electron chi connectivity index (χ4n) is 1.75. The van der Waals surface area contributed by atoms with Crippen molar-refractivity contribution in [3.05, 3.63) is 35.4 Å². The minimum absolute atomic E-state index is 0.201. The van der Waals surface area contributed by atoms with E-state index in [1.807, 2.05) is 0 Å². The highest BCUT2D eigenvalue weighted by Gasteiger charge is 2.22. The van der Waals surface area contributed by atoms with Crippen molar-refractivity contribution in [1.82, 2.24) is 0 Å². The van der Waals surface area contributed by atoms with Crippen LogP contribution in [0.15, 0.2) is 18.2 Å². The molecule has 2 unspecified atom stereocenters. The number of rotatable bonds is 1. The van der Waals surface area contributed by atoms with Crippen molar-refractivity contribution >= 4 is 15.9 Å². The van der Waals surface area contributed by atoms with Gasteiger partial charge in [0.1, 0.15) is 11.6 Å². The first kappa shape index (κ1) is 11.0. The molecule has 1 fully saturated rings. The predicted molar refractivity (Wildman–Crippen MR) is 57.0 cm³/mol. The van der Waals surface area contributed by atoms with Crippen LogP contribution in [0.3, 0.4) is 0 Å². The van der Waals surface area contributed by atoms with Gasteiger partial charge in [0.25, 0.3) is 0 Å². The summed E-state index contributed by atoms with van der Waals surface area (Å²) in [5.74, 6) is -1.10. The van der Waals surface area contributed by atoms with Crippen LogP contribution in [0.25, 0.3) is 0 Å². The molecule has 1 aromatic carbocycles. The van der Waals surface area contributed by atoms with Crippen LogP contribution < -0.4 is 0 Å². The zero-order valence-electron chi connectivity index (χ0n) is 8.05. The second-order valence-corrected chi connectivity index (χ2v) is 4.98. The summed E-state index contributed by atoms with van der Waals surface area (Å²) < 4.78 is 31.4. The monoisotopic (exact) mass is 276 g/mol. The molecule has 0 saturated carbocycles. The molecule has 0 spiro atoms. The molecule has 2 rings (SSSR count). The smallest absolute Gasteiger partial charge is 0.126 e. The van der Waals surface area contributed by atoms with Crippen LogP contribution in [0.5, 0.6) is 0 Å². The topological polar surface area (TPSA) is 9.23 Å². The Morgan fingerprint density at radius 3 is 2.47 bits per heavy atom. The third kappa shape index (κ3) is 2.75. The van der Waals surface area contributed by atoms with Gasteiger partial charge in [-0.1, -0.05) is 15.9 Å². The minimum atomic E-state index is -0.551. The van der Waals surface area contributed by atoms with Crippen LogP contribution in [-0.4, -0.2) is 11.4 Å². The Kier molecular flexibility index (Phi) is 3.36. The highest BCUT2D eigenvalue weighted by atomic mass is 79.9. The highest BCUT2D eigenvalue weighted by molar-refractivity contribution is 9.09. The lowest BCUT2D eigenvalue weighted by Crippen LogP contribution is -2.19. The molecule has 1 aromatic rings. The summed E-state index contributed by atoms with van der Waals surface area (Å²) in [6.07, 6.45) is 1.49. The van der Waals surface area contributed by atoms with Gasteiger partial charge in [0.15, 0.2) is 0 Å². The molecule has 0 aromatic heterocycles. The Morgan fingerprint density at radius 2 is 1.87 bits per heavy atom. The molecule has 1 aliphatic heterocycles. The van der Waals surface area contributed by atoms with Gasteiger partial charge in [-0.3, -0.25) is 0 Å². The van der Waals surface area contributed by atoms with E-state index in [-0.39, 0.29) is 6.10 Å². The van der Waals surface area contributed by atoms with E-state index in [1.165, 1.54) is 12.1 Å². The largest absolute Gasteiger partial charge is 0.373 e. The Hall–Kier alpha value is -0.480. The fourth-order valence-corrected chi connectivity index (χ4v) is 2.28. The predicted octanol–water partition coefficient (Wildman–Crippen LogP) is 3.58. The van der Waals surface area contributed by atoms with Gasteiger partial charge in [-0.2, -0.15) is 0 Å². The average Bonchev–Trinajstić information content (AvgIpc) is 2.16. The number of halogens is 3. The number of alkyl halides is 1. The van der Waals surface area contributed by atoms with Gasteiger partial charge in [0.05, 0.1) is 6.10 Å². The summed E-state index contributed by atoms with van der Waals surface area (Å²) in [6.45, 7) is 0.624. The number of hydrogen-bond acceptors (Lipinski definition) is 1. The Balaban J connectivity index is 2.20. The molecule has 0 bridgehead atoms. The van der Waals surface area contributed by atoms with Crippen LogP contribution in [0.4, 0.5) is 8.78 Å². The first-order chi connectivity index (χ1) is 7.15. The second kappa shape index (κ2) is 4.58. The lowest BCUT2D eigenvalue weighted by molar-refractivity contribution is 0.0183. The molecule has 0 aliphatic carbocycles. The van der Waals surface area contributed by atoms with Crippen molar-refractivity contribution in [2.45, 2.75) is 23.8 Å². The molecule has 1 heterocycles. The quantitative estimate of drug-likeness (QED) is 0.713. The molecule has 1 nitrogen and oxygen atoms in total. The minimum Gasteiger partial charge on any atom is -0.373 e. The molecule has 15 heavy (non-hydrogen) atoms. The lowest BCUT2D eigenvalue weighted by Gasteiger charge is -2.26. The Bertz CT molecular complexity index is 336. The van der Waals surface area contributed by atoms with Crippen molar-refractivity contribution in [2.24, 2.45) is 0 Å². The van der Waals surface area contributed by atoms with Crippen molar-refractivity contribution in [1.29, 1.82) is 0 Å². The normalized spacial score (nSPS) is 26.6. The van der Waals surface area contributed by atoms with Gasteiger partial charge in [-0.25, -0.2) is 8.78 Å². The molecule has 1 saturated heterocycles. The molecular formula is C11H11BrF2O. The van der Waals surface area contributed by atoms with Gasteiger partial charge in [0.2, 0.25) is 0 Å². The third-order valence-corrected chi connectivity index (χ3v) is 3.31. The van der Waals surface area contributed by atoms with Crippen molar-refractivity contribution in [2.75, 3.05) is 6.61 Å². The molecule has 4 heteroatoms. The van der Waals surface area contributed by atoms with E-state index in [2.05, 4.69) is 15.9 Å². The maximum atomic E-state index is 13.0. The zero-order valence-corrected chi connectivity index (χ0v) is 9.64. The summed E-state index contributed by atoms with van der Waals surface area (Å²) in [4.78, 5) is 0.363. The summed E-state index contributed by atoms with van der Waals surface area (Å²) in [7, 11) is 0. The third-order valence-electron chi connectivity index (χ3n) is 2.48.